The van der Waals surface area contributed by atoms with E-state index < -0.39 is 37.5 Å². The van der Waals surface area contributed by atoms with E-state index in [9.17, 15) is 26.7 Å². The molecule has 4 aromatic rings. The number of anilines is 1. The van der Waals surface area contributed by atoms with Crippen molar-refractivity contribution >= 4 is 42.2 Å². The lowest BCUT2D eigenvalue weighted by Crippen LogP contribution is -2.42. The average molecular weight is 598 g/mol. The molecule has 0 bridgehead atoms. The van der Waals surface area contributed by atoms with Crippen LogP contribution in [0, 0.1) is 0 Å². The molecule has 11 heteroatoms. The van der Waals surface area contributed by atoms with E-state index >= 15 is 0 Å². The largest absolute Gasteiger partial charge is 0.387 e. The van der Waals surface area contributed by atoms with E-state index in [1.807, 2.05) is 32.2 Å². The quantitative estimate of drug-likeness (QED) is 0.197. The summed E-state index contributed by atoms with van der Waals surface area (Å²) in [4.78, 5) is 12.4. The zero-order valence-electron chi connectivity index (χ0n) is 23.2. The van der Waals surface area contributed by atoms with Gasteiger partial charge in [-0.05, 0) is 74.4 Å². The molecule has 0 aliphatic rings. The third-order valence-electron chi connectivity index (χ3n) is 6.82. The summed E-state index contributed by atoms with van der Waals surface area (Å²) in [6.07, 6.45) is 2.85. The van der Waals surface area contributed by atoms with Crippen LogP contribution in [0.2, 0.25) is 0 Å². The molecule has 0 saturated carbocycles. The zero-order valence-corrected chi connectivity index (χ0v) is 24.9. The van der Waals surface area contributed by atoms with E-state index in [0.29, 0.717) is 23.4 Å². The SMILES string of the molecule is CC(C)(CCn1ccc2cc(C(=O)CS(C)(=O)=O)ccc21)NC[C@H](O)c1cccc(NS(=O)(=O)c2ccccc2)c1. The molecule has 0 saturated heterocycles. The van der Waals surface area contributed by atoms with Crippen LogP contribution in [0.25, 0.3) is 10.9 Å². The Hall–Kier alpha value is -3.51. The Morgan fingerprint density at radius 2 is 1.68 bits per heavy atom. The maximum Gasteiger partial charge on any atom is 0.261 e. The van der Waals surface area contributed by atoms with Gasteiger partial charge in [0, 0.05) is 53.2 Å². The first-order valence-corrected chi connectivity index (χ1v) is 16.7. The minimum absolute atomic E-state index is 0.158. The van der Waals surface area contributed by atoms with Gasteiger partial charge in [-0.1, -0.05) is 30.3 Å². The molecule has 41 heavy (non-hydrogen) atoms. The highest BCUT2D eigenvalue weighted by Crippen LogP contribution is 2.23. The molecule has 0 aliphatic heterocycles. The van der Waals surface area contributed by atoms with Crippen LogP contribution in [-0.2, 0) is 26.4 Å². The number of sulfone groups is 1. The number of carbonyl (C=O) groups is 1. The number of benzene rings is 3. The van der Waals surface area contributed by atoms with Crippen molar-refractivity contribution in [2.75, 3.05) is 23.3 Å². The smallest absolute Gasteiger partial charge is 0.261 e. The van der Waals surface area contributed by atoms with Gasteiger partial charge in [-0.25, -0.2) is 16.8 Å². The Labute approximate surface area is 241 Å². The van der Waals surface area contributed by atoms with E-state index in [2.05, 4.69) is 14.6 Å². The number of sulfonamides is 1. The molecule has 0 amide bonds. The van der Waals surface area contributed by atoms with Crippen molar-refractivity contribution in [3.63, 3.8) is 0 Å². The van der Waals surface area contributed by atoms with Crippen molar-refractivity contribution in [1.82, 2.24) is 9.88 Å². The molecular weight excluding hydrogens is 562 g/mol. The fraction of sp³-hybridized carbons (Fsp3) is 0.300. The van der Waals surface area contributed by atoms with Crippen LogP contribution in [0.5, 0.6) is 0 Å². The number of aliphatic hydroxyl groups is 1. The summed E-state index contributed by atoms with van der Waals surface area (Å²) in [5, 5.41) is 15.1. The number of nitrogens with zero attached hydrogens (tertiary/aromatic N) is 1. The van der Waals surface area contributed by atoms with Crippen LogP contribution in [-0.4, -0.2) is 56.4 Å². The van der Waals surface area contributed by atoms with E-state index in [4.69, 9.17) is 0 Å². The molecule has 1 atom stereocenters. The van der Waals surface area contributed by atoms with Gasteiger partial charge in [0.25, 0.3) is 10.0 Å². The highest BCUT2D eigenvalue weighted by atomic mass is 32.2. The lowest BCUT2D eigenvalue weighted by atomic mass is 9.99. The van der Waals surface area contributed by atoms with Crippen molar-refractivity contribution in [3.8, 4) is 0 Å². The van der Waals surface area contributed by atoms with Crippen LogP contribution in [0.3, 0.4) is 0 Å². The van der Waals surface area contributed by atoms with Gasteiger partial charge in [0.15, 0.2) is 15.6 Å². The van der Waals surface area contributed by atoms with Crippen molar-refractivity contribution < 1.29 is 26.7 Å². The van der Waals surface area contributed by atoms with Gasteiger partial charge in [0.2, 0.25) is 0 Å². The maximum atomic E-state index is 12.7. The summed E-state index contributed by atoms with van der Waals surface area (Å²) >= 11 is 0. The lowest BCUT2D eigenvalue weighted by molar-refractivity contribution is 0.102. The maximum absolute atomic E-state index is 12.7. The first-order chi connectivity index (χ1) is 19.2. The summed E-state index contributed by atoms with van der Waals surface area (Å²) in [5.41, 5.74) is 1.92. The number of fused-ring (bicyclic) bond motifs is 1. The van der Waals surface area contributed by atoms with Crippen molar-refractivity contribution in [1.29, 1.82) is 0 Å². The third-order valence-corrected chi connectivity index (χ3v) is 9.00. The lowest BCUT2D eigenvalue weighted by Gasteiger charge is -2.28. The molecule has 0 unspecified atom stereocenters. The Morgan fingerprint density at radius 3 is 2.39 bits per heavy atom. The second-order valence-electron chi connectivity index (χ2n) is 10.9. The molecular formula is C30H35N3O6S2. The minimum Gasteiger partial charge on any atom is -0.387 e. The van der Waals surface area contributed by atoms with Gasteiger partial charge >= 0.3 is 0 Å². The topological polar surface area (TPSA) is 135 Å². The predicted molar refractivity (Wildman–Crippen MR) is 161 cm³/mol. The Morgan fingerprint density at radius 1 is 0.951 bits per heavy atom. The highest BCUT2D eigenvalue weighted by molar-refractivity contribution is 7.92. The van der Waals surface area contributed by atoms with Crippen molar-refractivity contribution in [2.45, 2.75) is 43.4 Å². The van der Waals surface area contributed by atoms with Crippen LogP contribution in [0.4, 0.5) is 5.69 Å². The van der Waals surface area contributed by atoms with Gasteiger partial charge in [0.05, 0.1) is 11.0 Å². The fourth-order valence-corrected chi connectivity index (χ4v) is 6.21. The number of aryl methyl sites for hydroxylation is 1. The molecule has 218 valence electrons. The highest BCUT2D eigenvalue weighted by Gasteiger charge is 2.21. The number of hydrogen-bond acceptors (Lipinski definition) is 7. The fourth-order valence-electron chi connectivity index (χ4n) is 4.49. The Balaban J connectivity index is 1.35. The number of hydrogen-bond donors (Lipinski definition) is 3. The Bertz CT molecular complexity index is 1750. The summed E-state index contributed by atoms with van der Waals surface area (Å²) < 4.78 is 52.9. The Kier molecular flexibility index (Phi) is 9.03. The number of β-amino-alcohol motifs (C(OH)–C–C–N with tert-alkyl or cyclic N) is 1. The molecule has 0 fully saturated rings. The number of aliphatic hydroxyl groups excluding tert-OH is 1. The standard InChI is InChI=1S/C30H35N3O6S2/c1-30(2,15-17-33-16-14-22-18-24(12-13-27(22)33)29(35)21-40(3,36)37)31-20-28(34)23-8-7-9-25(19-23)32-41(38,39)26-10-5-4-6-11-26/h4-14,16,18-19,28,31-32,34H,15,17,20-21H2,1-3H3/t28-/m0/s1. The van der Waals surface area contributed by atoms with Gasteiger partial charge in [-0.3, -0.25) is 9.52 Å². The van der Waals surface area contributed by atoms with Gasteiger partial charge in [-0.2, -0.15) is 0 Å². The van der Waals surface area contributed by atoms with Crippen LogP contribution in [0.1, 0.15) is 42.3 Å². The third kappa shape index (κ3) is 8.26. The molecule has 0 aliphatic carbocycles. The number of Topliss-reactive ketones (excluding diaryl/α,β-unsaturated/α-hetero) is 1. The van der Waals surface area contributed by atoms with Gasteiger partial charge in [-0.15, -0.1) is 0 Å². The minimum atomic E-state index is -3.74. The molecule has 3 aromatic carbocycles. The predicted octanol–water partition coefficient (Wildman–Crippen LogP) is 4.16. The molecule has 4 rings (SSSR count). The first-order valence-electron chi connectivity index (χ1n) is 13.1. The summed E-state index contributed by atoms with van der Waals surface area (Å²) in [6, 6.07) is 21.9. The van der Waals surface area contributed by atoms with E-state index in [-0.39, 0.29) is 17.0 Å². The number of carbonyl (C=O) groups excluding carboxylic acids is 1. The van der Waals surface area contributed by atoms with E-state index in [1.54, 1.807) is 54.6 Å². The average Bonchev–Trinajstić information content (AvgIpc) is 3.32. The number of aromatic nitrogens is 1. The number of nitrogens with one attached hydrogen (secondary N) is 2. The van der Waals surface area contributed by atoms with Gasteiger partial charge < -0.3 is 15.0 Å². The molecule has 9 nitrogen and oxygen atoms in total. The number of rotatable bonds is 13. The summed E-state index contributed by atoms with van der Waals surface area (Å²) in [5.74, 6) is -0.941. The monoisotopic (exact) mass is 597 g/mol. The zero-order chi connectivity index (χ0) is 29.8. The van der Waals surface area contributed by atoms with Crippen LogP contribution < -0.4 is 10.0 Å². The molecule has 1 heterocycles. The van der Waals surface area contributed by atoms with E-state index in [0.717, 1.165) is 23.6 Å². The second kappa shape index (κ2) is 12.2. The first kappa shape index (κ1) is 30.4. The summed E-state index contributed by atoms with van der Waals surface area (Å²) in [7, 11) is -7.14. The van der Waals surface area contributed by atoms with Crippen LogP contribution in [0.15, 0.2) is 90.0 Å². The van der Waals surface area contributed by atoms with Crippen molar-refractivity contribution in [3.05, 3.63) is 96.2 Å². The van der Waals surface area contributed by atoms with Crippen molar-refractivity contribution in [2.24, 2.45) is 0 Å². The van der Waals surface area contributed by atoms with Gasteiger partial charge in [0.1, 0.15) is 5.75 Å². The summed E-state index contributed by atoms with van der Waals surface area (Å²) in [6.45, 7) is 5.02. The normalized spacial score (nSPS) is 13.3. The van der Waals surface area contributed by atoms with Crippen LogP contribution >= 0.6 is 0 Å². The number of ketones is 1. The second-order valence-corrected chi connectivity index (χ2v) is 14.7. The molecule has 1 aromatic heterocycles. The molecule has 0 radical (unpaired) electrons. The molecule has 0 spiro atoms. The molecule has 3 N–H and O–H groups in total. The van der Waals surface area contributed by atoms with E-state index in [1.165, 1.54) is 12.1 Å².